The molecule has 8 heteroatoms. The zero-order valence-corrected chi connectivity index (χ0v) is 16.3. The molecule has 1 aromatic heterocycles. The third kappa shape index (κ3) is 4.48. The monoisotopic (exact) mass is 400 g/mol. The summed E-state index contributed by atoms with van der Waals surface area (Å²) in [6, 6.07) is 10.2. The number of hydrogen-bond donors (Lipinski definition) is 0. The quantitative estimate of drug-likeness (QED) is 0.746. The van der Waals surface area contributed by atoms with Crippen LogP contribution in [0.25, 0.3) is 0 Å². The minimum Gasteiger partial charge on any atom is -0.329 e. The van der Waals surface area contributed by atoms with Crippen LogP contribution in [0.4, 0.5) is 5.69 Å². The second-order valence-corrected chi connectivity index (χ2v) is 6.93. The Balaban J connectivity index is 1.69. The van der Waals surface area contributed by atoms with Crippen molar-refractivity contribution in [1.29, 1.82) is 0 Å². The lowest BCUT2D eigenvalue weighted by Gasteiger charge is -2.25. The average molecular weight is 401 g/mol. The van der Waals surface area contributed by atoms with E-state index in [0.717, 1.165) is 6.42 Å². The average Bonchev–Trinajstić information content (AvgIpc) is 3.09. The van der Waals surface area contributed by atoms with Gasteiger partial charge in [-0.2, -0.15) is 0 Å². The molecule has 0 aliphatic carbocycles. The first-order chi connectivity index (χ1) is 13.5. The Labute approximate surface area is 168 Å². The number of nitrogens with zero attached hydrogens (tertiary/aromatic N) is 4. The van der Waals surface area contributed by atoms with Crippen LogP contribution < -0.4 is 4.90 Å². The molecule has 1 fully saturated rings. The van der Waals surface area contributed by atoms with Gasteiger partial charge < -0.3 is 9.80 Å². The number of pyridine rings is 1. The Morgan fingerprint density at radius 2 is 1.96 bits per heavy atom. The summed E-state index contributed by atoms with van der Waals surface area (Å²) in [4.78, 5) is 46.2. The van der Waals surface area contributed by atoms with Crippen molar-refractivity contribution >= 4 is 35.0 Å². The number of benzene rings is 1. The van der Waals surface area contributed by atoms with E-state index >= 15 is 0 Å². The molecule has 0 spiro atoms. The second-order valence-electron chi connectivity index (χ2n) is 6.50. The van der Waals surface area contributed by atoms with Crippen molar-refractivity contribution in [2.24, 2.45) is 0 Å². The maximum atomic E-state index is 12.8. The smallest absolute Gasteiger partial charge is 0.254 e. The van der Waals surface area contributed by atoms with E-state index < -0.39 is 0 Å². The first-order valence-corrected chi connectivity index (χ1v) is 9.40. The summed E-state index contributed by atoms with van der Waals surface area (Å²) in [5.41, 5.74) is 1.13. The predicted octanol–water partition coefficient (Wildman–Crippen LogP) is 2.42. The summed E-state index contributed by atoms with van der Waals surface area (Å²) in [5.74, 6) is -0.679. The van der Waals surface area contributed by atoms with Gasteiger partial charge >= 0.3 is 0 Å². The zero-order chi connectivity index (χ0) is 20.1. The number of amides is 3. The molecule has 0 N–H and O–H groups in total. The maximum Gasteiger partial charge on any atom is 0.254 e. The standard InChI is InChI=1S/C20H21ClN4O3/c1-2-10-23(20(28)15-6-8-22-9-7-15)12-18(26)24-13-19(27)25(14-24)17-5-3-4-16(21)11-17/h3-9,11H,2,10,12-14H2,1H3. The van der Waals surface area contributed by atoms with Gasteiger partial charge in [-0.05, 0) is 36.8 Å². The SMILES string of the molecule is CCCN(CC(=O)N1CC(=O)N(c2cccc(Cl)c2)C1)C(=O)c1ccncc1. The predicted molar refractivity (Wildman–Crippen MR) is 106 cm³/mol. The van der Waals surface area contributed by atoms with E-state index in [1.165, 1.54) is 14.7 Å². The van der Waals surface area contributed by atoms with Crippen LogP contribution in [-0.4, -0.2) is 58.8 Å². The van der Waals surface area contributed by atoms with Crippen LogP contribution >= 0.6 is 11.6 Å². The highest BCUT2D eigenvalue weighted by molar-refractivity contribution is 6.31. The van der Waals surface area contributed by atoms with Gasteiger partial charge in [-0.1, -0.05) is 24.6 Å². The van der Waals surface area contributed by atoms with Crippen molar-refractivity contribution in [1.82, 2.24) is 14.8 Å². The zero-order valence-electron chi connectivity index (χ0n) is 15.5. The maximum absolute atomic E-state index is 12.8. The van der Waals surface area contributed by atoms with Crippen molar-refractivity contribution in [2.45, 2.75) is 13.3 Å². The molecule has 3 amide bonds. The van der Waals surface area contributed by atoms with Gasteiger partial charge in [0.25, 0.3) is 5.91 Å². The highest BCUT2D eigenvalue weighted by Gasteiger charge is 2.33. The van der Waals surface area contributed by atoms with E-state index in [1.807, 2.05) is 6.92 Å². The second kappa shape index (κ2) is 8.84. The molecule has 7 nitrogen and oxygen atoms in total. The molecule has 146 valence electrons. The van der Waals surface area contributed by atoms with Crippen molar-refractivity contribution in [3.8, 4) is 0 Å². The topological polar surface area (TPSA) is 73.8 Å². The van der Waals surface area contributed by atoms with E-state index in [9.17, 15) is 14.4 Å². The Hall–Kier alpha value is -2.93. The third-order valence-corrected chi connectivity index (χ3v) is 4.68. The summed E-state index contributed by atoms with van der Waals surface area (Å²) < 4.78 is 0. The van der Waals surface area contributed by atoms with Gasteiger partial charge in [0.1, 0.15) is 19.8 Å². The summed E-state index contributed by atoms with van der Waals surface area (Å²) in [6.45, 7) is 2.44. The molecule has 0 radical (unpaired) electrons. The largest absolute Gasteiger partial charge is 0.329 e. The van der Waals surface area contributed by atoms with Crippen molar-refractivity contribution in [3.63, 3.8) is 0 Å². The van der Waals surface area contributed by atoms with Crippen LogP contribution in [0.5, 0.6) is 0 Å². The van der Waals surface area contributed by atoms with E-state index in [1.54, 1.807) is 48.8 Å². The number of rotatable bonds is 6. The van der Waals surface area contributed by atoms with Crippen LogP contribution in [0.15, 0.2) is 48.8 Å². The Kier molecular flexibility index (Phi) is 6.26. The van der Waals surface area contributed by atoms with Gasteiger partial charge in [0, 0.05) is 35.2 Å². The summed E-state index contributed by atoms with van der Waals surface area (Å²) in [5, 5.41) is 0.521. The van der Waals surface area contributed by atoms with Gasteiger partial charge in [0.2, 0.25) is 11.8 Å². The summed E-state index contributed by atoms with van der Waals surface area (Å²) in [7, 11) is 0. The summed E-state index contributed by atoms with van der Waals surface area (Å²) >= 11 is 6.00. The number of halogens is 1. The molecule has 0 unspecified atom stereocenters. The van der Waals surface area contributed by atoms with E-state index in [2.05, 4.69) is 4.98 Å². The number of aromatic nitrogens is 1. The molecule has 3 rings (SSSR count). The van der Waals surface area contributed by atoms with Crippen LogP contribution in [-0.2, 0) is 9.59 Å². The van der Waals surface area contributed by atoms with Crippen LogP contribution in [0.1, 0.15) is 23.7 Å². The lowest BCUT2D eigenvalue weighted by molar-refractivity contribution is -0.132. The van der Waals surface area contributed by atoms with Gasteiger partial charge in [0.15, 0.2) is 0 Å². The van der Waals surface area contributed by atoms with Crippen LogP contribution in [0, 0.1) is 0 Å². The fourth-order valence-corrected chi connectivity index (χ4v) is 3.23. The highest BCUT2D eigenvalue weighted by Crippen LogP contribution is 2.23. The number of hydrogen-bond acceptors (Lipinski definition) is 4. The fraction of sp³-hybridized carbons (Fsp3) is 0.300. The number of carbonyl (C=O) groups excluding carboxylic acids is 3. The van der Waals surface area contributed by atoms with Gasteiger partial charge in [-0.25, -0.2) is 0 Å². The molecule has 0 bridgehead atoms. The number of carbonyl (C=O) groups is 3. The first-order valence-electron chi connectivity index (χ1n) is 9.02. The molecule has 1 aliphatic heterocycles. The van der Waals surface area contributed by atoms with Gasteiger partial charge in [-0.15, -0.1) is 0 Å². The van der Waals surface area contributed by atoms with E-state index in [0.29, 0.717) is 22.8 Å². The molecular formula is C20H21ClN4O3. The molecular weight excluding hydrogens is 380 g/mol. The highest BCUT2D eigenvalue weighted by atomic mass is 35.5. The minimum atomic E-state index is -0.270. The normalized spacial score (nSPS) is 13.7. The first kappa shape index (κ1) is 19.8. The molecule has 1 aromatic carbocycles. The van der Waals surface area contributed by atoms with Crippen LogP contribution in [0.2, 0.25) is 5.02 Å². The van der Waals surface area contributed by atoms with E-state index in [-0.39, 0.29) is 37.5 Å². The Morgan fingerprint density at radius 3 is 2.64 bits per heavy atom. The molecule has 28 heavy (non-hydrogen) atoms. The molecule has 2 heterocycles. The lowest BCUT2D eigenvalue weighted by atomic mass is 10.2. The molecule has 0 saturated carbocycles. The number of anilines is 1. The summed E-state index contributed by atoms with van der Waals surface area (Å²) in [6.07, 6.45) is 3.81. The Bertz CT molecular complexity index is 875. The van der Waals surface area contributed by atoms with Crippen molar-refractivity contribution in [2.75, 3.05) is 31.2 Å². The third-order valence-electron chi connectivity index (χ3n) is 4.45. The molecule has 0 atom stereocenters. The van der Waals surface area contributed by atoms with Crippen molar-refractivity contribution in [3.05, 3.63) is 59.4 Å². The van der Waals surface area contributed by atoms with Gasteiger partial charge in [-0.3, -0.25) is 24.3 Å². The lowest BCUT2D eigenvalue weighted by Crippen LogP contribution is -2.43. The molecule has 2 aromatic rings. The van der Waals surface area contributed by atoms with Crippen LogP contribution in [0.3, 0.4) is 0 Å². The fourth-order valence-electron chi connectivity index (χ4n) is 3.05. The Morgan fingerprint density at radius 1 is 1.21 bits per heavy atom. The molecule has 1 saturated heterocycles. The minimum absolute atomic E-state index is 0.0191. The molecule has 1 aliphatic rings. The van der Waals surface area contributed by atoms with E-state index in [4.69, 9.17) is 11.6 Å². The van der Waals surface area contributed by atoms with Crippen molar-refractivity contribution < 1.29 is 14.4 Å². The van der Waals surface area contributed by atoms with Gasteiger partial charge in [0.05, 0.1) is 0 Å².